The molecule has 220 valence electrons. The molecule has 1 atom stereocenters. The third kappa shape index (κ3) is 8.11. The van der Waals surface area contributed by atoms with Gasteiger partial charge in [-0.25, -0.2) is 4.39 Å². The number of nitrogens with one attached hydrogen (secondary N) is 1. The molecule has 1 unspecified atom stereocenters. The van der Waals surface area contributed by atoms with Gasteiger partial charge in [-0.05, 0) is 65.1 Å². The van der Waals surface area contributed by atoms with Crippen molar-refractivity contribution >= 4 is 5.91 Å². The fourth-order valence-corrected chi connectivity index (χ4v) is 5.12. The lowest BCUT2D eigenvalue weighted by Crippen LogP contribution is -2.29. The Kier molecular flexibility index (Phi) is 9.87. The van der Waals surface area contributed by atoms with Gasteiger partial charge in [0.05, 0.1) is 26.8 Å². The van der Waals surface area contributed by atoms with Gasteiger partial charge in [0.15, 0.2) is 17.3 Å². The van der Waals surface area contributed by atoms with Gasteiger partial charge >= 0.3 is 0 Å². The molecule has 0 bridgehead atoms. The van der Waals surface area contributed by atoms with Crippen LogP contribution in [0, 0.1) is 5.82 Å². The molecule has 1 aromatic heterocycles. The normalized spacial score (nSPS) is 11.7. The van der Waals surface area contributed by atoms with Crippen LogP contribution in [0.3, 0.4) is 0 Å². The highest BCUT2D eigenvalue weighted by Crippen LogP contribution is 2.29. The highest BCUT2D eigenvalue weighted by atomic mass is 19.1. The van der Waals surface area contributed by atoms with E-state index in [1.807, 2.05) is 78.9 Å². The molecule has 6 nitrogen and oxygen atoms in total. The first-order valence-corrected chi connectivity index (χ1v) is 14.2. The van der Waals surface area contributed by atoms with Crippen LogP contribution in [0.1, 0.15) is 44.6 Å². The first-order valence-electron chi connectivity index (χ1n) is 14.2. The Labute approximate surface area is 251 Å². The summed E-state index contributed by atoms with van der Waals surface area (Å²) in [5, 5.41) is 3.16. The Hall–Kier alpha value is -4.88. The molecule has 0 saturated carbocycles. The fraction of sp³-hybridized carbons (Fsp3) is 0.194. The Bertz CT molecular complexity index is 1620. The van der Waals surface area contributed by atoms with Crippen LogP contribution >= 0.6 is 0 Å². The second kappa shape index (κ2) is 14.3. The number of rotatable bonds is 13. The van der Waals surface area contributed by atoms with E-state index in [0.717, 1.165) is 22.3 Å². The molecule has 0 spiro atoms. The topological polar surface area (TPSA) is 63.9 Å². The van der Waals surface area contributed by atoms with Gasteiger partial charge < -0.3 is 19.2 Å². The van der Waals surface area contributed by atoms with Crippen LogP contribution in [-0.2, 0) is 26.1 Å². The molecule has 43 heavy (non-hydrogen) atoms. The number of methoxy groups -OCH3 is 2. The zero-order chi connectivity index (χ0) is 30.0. The van der Waals surface area contributed by atoms with Crippen molar-refractivity contribution in [2.75, 3.05) is 14.2 Å². The Morgan fingerprint density at radius 1 is 0.744 bits per heavy atom. The molecular formula is C36H35FN2O4. The van der Waals surface area contributed by atoms with E-state index < -0.39 is 0 Å². The molecule has 7 heteroatoms. The molecule has 0 aliphatic rings. The molecular weight excluding hydrogens is 543 g/mol. The Morgan fingerprint density at radius 3 is 2.12 bits per heavy atom. The van der Waals surface area contributed by atoms with E-state index in [0.29, 0.717) is 43.3 Å². The van der Waals surface area contributed by atoms with Crippen molar-refractivity contribution in [2.24, 2.45) is 0 Å². The molecule has 5 rings (SSSR count). The molecule has 0 aliphatic carbocycles. The van der Waals surface area contributed by atoms with E-state index in [9.17, 15) is 9.18 Å². The van der Waals surface area contributed by atoms with Crippen LogP contribution in [-0.4, -0.2) is 25.0 Å². The molecule has 1 N–H and O–H groups in total. The maximum atomic E-state index is 14.0. The average Bonchev–Trinajstić information content (AvgIpc) is 3.50. The Morgan fingerprint density at radius 2 is 1.42 bits per heavy atom. The highest BCUT2D eigenvalue weighted by Gasteiger charge is 2.20. The summed E-state index contributed by atoms with van der Waals surface area (Å²) in [6.07, 6.45) is 0.650. The number of ether oxygens (including phenoxy) is 2. The fourth-order valence-electron chi connectivity index (χ4n) is 5.12. The highest BCUT2D eigenvalue weighted by molar-refractivity contribution is 5.91. The van der Waals surface area contributed by atoms with Crippen LogP contribution in [0.5, 0.6) is 11.5 Å². The number of benzene rings is 4. The van der Waals surface area contributed by atoms with Crippen molar-refractivity contribution in [3.63, 3.8) is 0 Å². The summed E-state index contributed by atoms with van der Waals surface area (Å²) in [7, 11) is 3.20. The maximum absolute atomic E-state index is 14.0. The van der Waals surface area contributed by atoms with Crippen molar-refractivity contribution < 1.29 is 23.1 Å². The molecule has 0 saturated heterocycles. The van der Waals surface area contributed by atoms with Gasteiger partial charge in [0.1, 0.15) is 11.6 Å². The van der Waals surface area contributed by atoms with Gasteiger partial charge in [0.25, 0.3) is 5.91 Å². The van der Waals surface area contributed by atoms with Crippen molar-refractivity contribution in [1.29, 1.82) is 0 Å². The van der Waals surface area contributed by atoms with Crippen molar-refractivity contribution in [1.82, 2.24) is 10.2 Å². The minimum absolute atomic E-state index is 0.223. The monoisotopic (exact) mass is 578 g/mol. The molecule has 0 radical (unpaired) electrons. The predicted molar refractivity (Wildman–Crippen MR) is 164 cm³/mol. The van der Waals surface area contributed by atoms with Crippen LogP contribution in [0.25, 0.3) is 0 Å². The third-order valence-electron chi connectivity index (χ3n) is 7.20. The molecule has 1 heterocycles. The zero-order valence-corrected chi connectivity index (χ0v) is 24.3. The summed E-state index contributed by atoms with van der Waals surface area (Å²) in [5.41, 5.74) is 3.96. The SMILES string of the molecule is COc1ccc(CN(Cc2cccc(F)c2)Cc2ccc(C(=O)NC(Cc3ccccc3)c3ccccc3)o2)cc1OC. The summed E-state index contributed by atoms with van der Waals surface area (Å²) in [6.45, 7) is 1.41. The molecule has 0 fully saturated rings. The standard InChI is InChI=1S/C36H35FN2O4/c1-41-33-18-16-28(22-35(33)42-2)24-39(23-27-12-9-15-30(37)20-27)25-31-17-19-34(43-31)36(40)38-32(29-13-7-4-8-14-29)21-26-10-5-3-6-11-26/h3-20,22,32H,21,23-25H2,1-2H3,(H,38,40). The predicted octanol–water partition coefficient (Wildman–Crippen LogP) is 7.35. The van der Waals surface area contributed by atoms with Gasteiger partial charge in [0, 0.05) is 13.1 Å². The van der Waals surface area contributed by atoms with Crippen molar-refractivity contribution in [3.05, 3.63) is 155 Å². The lowest BCUT2D eigenvalue weighted by molar-refractivity contribution is 0.0903. The second-order valence-electron chi connectivity index (χ2n) is 10.4. The van der Waals surface area contributed by atoms with E-state index in [1.165, 1.54) is 12.1 Å². The van der Waals surface area contributed by atoms with E-state index in [1.54, 1.807) is 26.4 Å². The first kappa shape index (κ1) is 29.6. The number of furan rings is 1. The van der Waals surface area contributed by atoms with Crippen LogP contribution in [0.15, 0.2) is 120 Å². The first-order chi connectivity index (χ1) is 21.0. The second-order valence-corrected chi connectivity index (χ2v) is 10.4. The number of hydrogen-bond donors (Lipinski definition) is 1. The van der Waals surface area contributed by atoms with Gasteiger partial charge in [-0.1, -0.05) is 78.9 Å². The number of amides is 1. The van der Waals surface area contributed by atoms with E-state index >= 15 is 0 Å². The largest absolute Gasteiger partial charge is 0.493 e. The van der Waals surface area contributed by atoms with Crippen LogP contribution in [0.4, 0.5) is 4.39 Å². The Balaban J connectivity index is 1.33. The average molecular weight is 579 g/mol. The quantitative estimate of drug-likeness (QED) is 0.158. The van der Waals surface area contributed by atoms with Crippen LogP contribution < -0.4 is 14.8 Å². The number of halogens is 1. The number of nitrogens with zero attached hydrogens (tertiary/aromatic N) is 1. The molecule has 0 aliphatic heterocycles. The lowest BCUT2D eigenvalue weighted by atomic mass is 9.99. The zero-order valence-electron chi connectivity index (χ0n) is 24.3. The number of hydrogen-bond acceptors (Lipinski definition) is 5. The van der Waals surface area contributed by atoms with Crippen LogP contribution in [0.2, 0.25) is 0 Å². The smallest absolute Gasteiger partial charge is 0.287 e. The van der Waals surface area contributed by atoms with E-state index in [4.69, 9.17) is 13.9 Å². The van der Waals surface area contributed by atoms with Crippen molar-refractivity contribution in [3.8, 4) is 11.5 Å². The molecule has 5 aromatic rings. The summed E-state index contributed by atoms with van der Waals surface area (Å²) < 4.78 is 30.9. The van der Waals surface area contributed by atoms with Crippen molar-refractivity contribution in [2.45, 2.75) is 32.1 Å². The minimum atomic E-state index is -0.288. The number of carbonyl (C=O) groups excluding carboxylic acids is 1. The van der Waals surface area contributed by atoms with Gasteiger partial charge in [-0.3, -0.25) is 9.69 Å². The van der Waals surface area contributed by atoms with E-state index in [2.05, 4.69) is 22.3 Å². The summed E-state index contributed by atoms with van der Waals surface area (Å²) in [4.78, 5) is 15.5. The van der Waals surface area contributed by atoms with E-state index in [-0.39, 0.29) is 23.5 Å². The maximum Gasteiger partial charge on any atom is 0.287 e. The summed E-state index contributed by atoms with van der Waals surface area (Å²) in [6, 6.07) is 35.6. The minimum Gasteiger partial charge on any atom is -0.493 e. The molecule has 4 aromatic carbocycles. The summed E-state index contributed by atoms with van der Waals surface area (Å²) >= 11 is 0. The van der Waals surface area contributed by atoms with Gasteiger partial charge in [-0.15, -0.1) is 0 Å². The molecule has 1 amide bonds. The van der Waals surface area contributed by atoms with Gasteiger partial charge in [-0.2, -0.15) is 0 Å². The van der Waals surface area contributed by atoms with Gasteiger partial charge in [0.2, 0.25) is 0 Å². The summed E-state index contributed by atoms with van der Waals surface area (Å²) in [5.74, 6) is 1.57. The lowest BCUT2D eigenvalue weighted by Gasteiger charge is -2.22. The third-order valence-corrected chi connectivity index (χ3v) is 7.20. The number of carbonyl (C=O) groups is 1.